The molecule has 0 spiro atoms. The van der Waals surface area contributed by atoms with Crippen molar-refractivity contribution in [3.63, 3.8) is 0 Å². The van der Waals surface area contributed by atoms with E-state index in [1.165, 1.54) is 0 Å². The molecule has 2 N–H and O–H groups in total. The molecule has 0 saturated heterocycles. The Kier molecular flexibility index (Phi) is 1.87. The summed E-state index contributed by atoms with van der Waals surface area (Å²) in [6, 6.07) is 7.48. The first-order valence-electron chi connectivity index (χ1n) is 4.02. The van der Waals surface area contributed by atoms with E-state index in [0.29, 0.717) is 11.3 Å². The fourth-order valence-electron chi connectivity index (χ4n) is 1.48. The van der Waals surface area contributed by atoms with Crippen molar-refractivity contribution in [3.05, 3.63) is 35.5 Å². The molecule has 0 amide bonds. The molecule has 3 heteroatoms. The van der Waals surface area contributed by atoms with Crippen molar-refractivity contribution in [3.8, 4) is 0 Å². The number of H-pyrrole nitrogens is 1. The summed E-state index contributed by atoms with van der Waals surface area (Å²) in [4.78, 5) is 13.7. The Labute approximate surface area is 75.0 Å². The third kappa shape index (κ3) is 1.13. The van der Waals surface area contributed by atoms with E-state index in [1.54, 1.807) is 0 Å². The fourth-order valence-corrected chi connectivity index (χ4v) is 1.48. The van der Waals surface area contributed by atoms with E-state index in [1.807, 2.05) is 24.3 Å². The van der Waals surface area contributed by atoms with E-state index in [2.05, 4.69) is 4.98 Å². The van der Waals surface area contributed by atoms with E-state index < -0.39 is 0 Å². The molecule has 2 rings (SSSR count). The van der Waals surface area contributed by atoms with Crippen LogP contribution in [0.4, 0.5) is 0 Å². The summed E-state index contributed by atoms with van der Waals surface area (Å²) in [6.07, 6.45) is 0.768. The van der Waals surface area contributed by atoms with Crippen molar-refractivity contribution in [2.24, 2.45) is 0 Å². The number of aromatic amines is 1. The molecule has 0 radical (unpaired) electrons. The van der Waals surface area contributed by atoms with Gasteiger partial charge in [-0.2, -0.15) is 0 Å². The highest BCUT2D eigenvalue weighted by Crippen LogP contribution is 2.20. The number of hydrogen-bond donors (Lipinski definition) is 2. The molecule has 13 heavy (non-hydrogen) atoms. The van der Waals surface area contributed by atoms with Gasteiger partial charge in [0.25, 0.3) is 0 Å². The van der Waals surface area contributed by atoms with Crippen LogP contribution in [0.2, 0.25) is 0 Å². The van der Waals surface area contributed by atoms with Gasteiger partial charge in [0.05, 0.1) is 12.3 Å². The van der Waals surface area contributed by atoms with E-state index in [9.17, 15) is 4.79 Å². The highest BCUT2D eigenvalue weighted by Gasteiger charge is 2.08. The van der Waals surface area contributed by atoms with Crippen molar-refractivity contribution >= 4 is 17.2 Å². The van der Waals surface area contributed by atoms with Gasteiger partial charge in [0.15, 0.2) is 6.29 Å². The Morgan fingerprint density at radius 3 is 2.85 bits per heavy atom. The lowest BCUT2D eigenvalue weighted by atomic mass is 10.1. The lowest BCUT2D eigenvalue weighted by Gasteiger charge is -1.89. The van der Waals surface area contributed by atoms with E-state index in [0.717, 1.165) is 17.2 Å². The Morgan fingerprint density at radius 2 is 2.15 bits per heavy atom. The zero-order valence-corrected chi connectivity index (χ0v) is 6.95. The smallest absolute Gasteiger partial charge is 0.152 e. The zero-order valence-electron chi connectivity index (χ0n) is 6.95. The van der Waals surface area contributed by atoms with Gasteiger partial charge in [-0.15, -0.1) is 0 Å². The molecule has 1 heterocycles. The van der Waals surface area contributed by atoms with Crippen molar-refractivity contribution in [1.82, 2.24) is 4.98 Å². The molecule has 0 fully saturated rings. The summed E-state index contributed by atoms with van der Waals surface area (Å²) < 4.78 is 0. The molecule has 1 aromatic heterocycles. The maximum Gasteiger partial charge on any atom is 0.152 e. The Morgan fingerprint density at radius 1 is 1.38 bits per heavy atom. The fraction of sp³-hybridized carbons (Fsp3) is 0.100. The number of aliphatic hydroxyl groups excluding tert-OH is 1. The normalized spacial score (nSPS) is 10.5. The Balaban J connectivity index is 2.81. The van der Waals surface area contributed by atoms with Crippen LogP contribution >= 0.6 is 0 Å². The van der Waals surface area contributed by atoms with Gasteiger partial charge in [-0.25, -0.2) is 0 Å². The number of nitrogens with one attached hydrogen (secondary N) is 1. The van der Waals surface area contributed by atoms with Gasteiger partial charge < -0.3 is 10.1 Å². The minimum Gasteiger partial charge on any atom is -0.390 e. The number of para-hydroxylation sites is 1. The van der Waals surface area contributed by atoms with Gasteiger partial charge in [0, 0.05) is 16.5 Å². The molecule has 2 aromatic rings. The van der Waals surface area contributed by atoms with Gasteiger partial charge in [-0.05, 0) is 6.07 Å². The standard InChI is InChI=1S/C10H9NO2/c12-5-8-7-3-1-2-4-9(7)11-10(8)6-13/h1-5,11,13H,6H2. The number of carbonyl (C=O) groups is 1. The zero-order chi connectivity index (χ0) is 9.26. The molecule has 0 aliphatic heterocycles. The SMILES string of the molecule is O=Cc1c(CO)[nH]c2ccccc12. The van der Waals surface area contributed by atoms with Crippen LogP contribution in [0.5, 0.6) is 0 Å². The summed E-state index contributed by atoms with van der Waals surface area (Å²) >= 11 is 0. The molecule has 0 atom stereocenters. The molecule has 0 aliphatic rings. The quantitative estimate of drug-likeness (QED) is 0.679. The summed E-state index contributed by atoms with van der Waals surface area (Å²) in [5, 5.41) is 9.82. The third-order valence-corrected chi connectivity index (χ3v) is 2.10. The van der Waals surface area contributed by atoms with Gasteiger partial charge in [-0.1, -0.05) is 18.2 Å². The topological polar surface area (TPSA) is 53.1 Å². The predicted octanol–water partition coefficient (Wildman–Crippen LogP) is 1.47. The van der Waals surface area contributed by atoms with Crippen molar-refractivity contribution in [2.45, 2.75) is 6.61 Å². The highest BCUT2D eigenvalue weighted by molar-refractivity contribution is 5.98. The lowest BCUT2D eigenvalue weighted by Crippen LogP contribution is -1.88. The molecule has 1 aromatic carbocycles. The largest absolute Gasteiger partial charge is 0.390 e. The number of aromatic nitrogens is 1. The van der Waals surface area contributed by atoms with Gasteiger partial charge in [0.2, 0.25) is 0 Å². The first-order chi connectivity index (χ1) is 6.36. The first kappa shape index (κ1) is 8.01. The van der Waals surface area contributed by atoms with Gasteiger partial charge in [-0.3, -0.25) is 4.79 Å². The molecule has 0 bridgehead atoms. The minimum absolute atomic E-state index is 0.136. The Bertz CT molecular complexity index is 445. The average molecular weight is 175 g/mol. The minimum atomic E-state index is -0.136. The maximum absolute atomic E-state index is 10.7. The molecular weight excluding hydrogens is 166 g/mol. The molecule has 0 saturated carbocycles. The summed E-state index contributed by atoms with van der Waals surface area (Å²) in [5.74, 6) is 0. The van der Waals surface area contributed by atoms with Crippen LogP contribution in [-0.4, -0.2) is 16.4 Å². The maximum atomic E-state index is 10.7. The number of rotatable bonds is 2. The number of benzene rings is 1. The van der Waals surface area contributed by atoms with E-state index >= 15 is 0 Å². The Hall–Kier alpha value is -1.61. The van der Waals surface area contributed by atoms with Crippen LogP contribution in [0, 0.1) is 0 Å². The molecule has 66 valence electrons. The van der Waals surface area contributed by atoms with Crippen LogP contribution in [0.15, 0.2) is 24.3 Å². The van der Waals surface area contributed by atoms with Gasteiger partial charge in [0.1, 0.15) is 0 Å². The van der Waals surface area contributed by atoms with Crippen LogP contribution in [-0.2, 0) is 6.61 Å². The molecular formula is C10H9NO2. The van der Waals surface area contributed by atoms with E-state index in [-0.39, 0.29) is 6.61 Å². The number of aliphatic hydroxyl groups is 1. The van der Waals surface area contributed by atoms with Gasteiger partial charge >= 0.3 is 0 Å². The number of aldehydes is 1. The van der Waals surface area contributed by atoms with Crippen molar-refractivity contribution in [2.75, 3.05) is 0 Å². The average Bonchev–Trinajstić information content (AvgIpc) is 2.55. The second-order valence-corrected chi connectivity index (χ2v) is 2.84. The van der Waals surface area contributed by atoms with Crippen molar-refractivity contribution < 1.29 is 9.90 Å². The molecule has 3 nitrogen and oxygen atoms in total. The van der Waals surface area contributed by atoms with Crippen LogP contribution in [0.3, 0.4) is 0 Å². The first-order valence-corrected chi connectivity index (χ1v) is 4.02. The number of hydrogen-bond acceptors (Lipinski definition) is 2. The second kappa shape index (κ2) is 3.03. The summed E-state index contributed by atoms with van der Waals surface area (Å²) in [5.41, 5.74) is 2.02. The van der Waals surface area contributed by atoms with Crippen molar-refractivity contribution in [1.29, 1.82) is 0 Å². The number of carbonyl (C=O) groups excluding carboxylic acids is 1. The van der Waals surface area contributed by atoms with Crippen LogP contribution < -0.4 is 0 Å². The summed E-state index contributed by atoms with van der Waals surface area (Å²) in [6.45, 7) is -0.136. The summed E-state index contributed by atoms with van der Waals surface area (Å²) in [7, 11) is 0. The van der Waals surface area contributed by atoms with E-state index in [4.69, 9.17) is 5.11 Å². The lowest BCUT2D eigenvalue weighted by molar-refractivity contribution is 0.112. The molecule has 0 unspecified atom stereocenters. The monoisotopic (exact) mass is 175 g/mol. The number of fused-ring (bicyclic) bond motifs is 1. The third-order valence-electron chi connectivity index (χ3n) is 2.10. The van der Waals surface area contributed by atoms with Crippen LogP contribution in [0.1, 0.15) is 16.1 Å². The second-order valence-electron chi connectivity index (χ2n) is 2.84. The highest BCUT2D eigenvalue weighted by atomic mass is 16.3. The van der Waals surface area contributed by atoms with Crippen LogP contribution in [0.25, 0.3) is 10.9 Å². The molecule has 0 aliphatic carbocycles. The predicted molar refractivity (Wildman–Crippen MR) is 49.6 cm³/mol.